The van der Waals surface area contributed by atoms with Crippen molar-refractivity contribution in [3.63, 3.8) is 0 Å². The van der Waals surface area contributed by atoms with Crippen LogP contribution in [0.3, 0.4) is 0 Å². The molecule has 1 saturated heterocycles. The Bertz CT molecular complexity index is 1110. The molecule has 0 bridgehead atoms. The number of benzene rings is 2. The van der Waals surface area contributed by atoms with Crippen LogP contribution in [-0.2, 0) is 16.0 Å². The van der Waals surface area contributed by atoms with E-state index in [0.717, 1.165) is 49.5 Å². The molecule has 3 heterocycles. The minimum absolute atomic E-state index is 0.0227. The van der Waals surface area contributed by atoms with Gasteiger partial charge >= 0.3 is 0 Å². The number of carbonyl (C=O) groups excluding carboxylic acids is 2. The fourth-order valence-corrected chi connectivity index (χ4v) is 5.63. The first-order valence-electron chi connectivity index (χ1n) is 13.0. The van der Waals surface area contributed by atoms with Gasteiger partial charge in [0.15, 0.2) is 11.5 Å². The van der Waals surface area contributed by atoms with Crippen LogP contribution in [0.15, 0.2) is 36.4 Å². The van der Waals surface area contributed by atoms with Crippen molar-refractivity contribution in [3.05, 3.63) is 58.7 Å². The first kappa shape index (κ1) is 24.6. The molecule has 8 heteroatoms. The van der Waals surface area contributed by atoms with Crippen molar-refractivity contribution < 1.29 is 23.8 Å². The lowest BCUT2D eigenvalue weighted by Gasteiger charge is -2.45. The zero-order valence-electron chi connectivity index (χ0n) is 21.1. The van der Waals surface area contributed by atoms with Gasteiger partial charge in [0.05, 0.1) is 38.4 Å². The summed E-state index contributed by atoms with van der Waals surface area (Å²) in [5.41, 5.74) is 3.46. The minimum Gasteiger partial charge on any atom is -0.490 e. The molecular weight excluding hydrogens is 458 g/mol. The molecule has 0 radical (unpaired) electrons. The van der Waals surface area contributed by atoms with Crippen molar-refractivity contribution in [2.75, 3.05) is 59.2 Å². The maximum Gasteiger partial charge on any atom is 0.254 e. The molecule has 36 heavy (non-hydrogen) atoms. The van der Waals surface area contributed by atoms with Crippen molar-refractivity contribution in [2.24, 2.45) is 0 Å². The summed E-state index contributed by atoms with van der Waals surface area (Å²) in [6.45, 7) is 10.0. The number of morpholine rings is 1. The van der Waals surface area contributed by atoms with E-state index in [1.165, 1.54) is 0 Å². The lowest BCUT2D eigenvalue weighted by Crippen LogP contribution is -2.50. The Kier molecular flexibility index (Phi) is 7.43. The average Bonchev–Trinajstić information content (AvgIpc) is 2.90. The van der Waals surface area contributed by atoms with E-state index in [-0.39, 0.29) is 11.8 Å². The highest BCUT2D eigenvalue weighted by molar-refractivity contribution is 6.01. The molecule has 1 fully saturated rings. The summed E-state index contributed by atoms with van der Waals surface area (Å²) < 4.78 is 17.2. The van der Waals surface area contributed by atoms with Gasteiger partial charge in [-0.2, -0.15) is 0 Å². The fourth-order valence-electron chi connectivity index (χ4n) is 5.63. The van der Waals surface area contributed by atoms with Gasteiger partial charge in [0.25, 0.3) is 5.91 Å². The molecule has 8 nitrogen and oxygen atoms in total. The molecule has 0 aromatic heterocycles. The Morgan fingerprint density at radius 1 is 1.03 bits per heavy atom. The first-order valence-corrected chi connectivity index (χ1v) is 13.0. The van der Waals surface area contributed by atoms with E-state index < -0.39 is 12.0 Å². The van der Waals surface area contributed by atoms with Gasteiger partial charge in [-0.3, -0.25) is 14.5 Å². The number of ether oxygens (including phenoxy) is 3. The van der Waals surface area contributed by atoms with Gasteiger partial charge in [-0.25, -0.2) is 0 Å². The standard InChI is InChI=1S/C28H35N3O5/c1-3-35-23-17-19-9-11-31-26(22(19)18-24(23)36-4-2)25(20-7-5-6-8-21(20)28(31)33)27(32)29-10-12-30-13-15-34-16-14-30/h5-8,17-18,25-26H,3-4,9-16H2,1-2H3,(H,29,32)/t25-,26+/m0/s1. The van der Waals surface area contributed by atoms with Crippen LogP contribution in [0.1, 0.15) is 52.9 Å². The summed E-state index contributed by atoms with van der Waals surface area (Å²) in [6.07, 6.45) is 0.706. The number of amides is 2. The zero-order valence-corrected chi connectivity index (χ0v) is 21.1. The third-order valence-electron chi connectivity index (χ3n) is 7.30. The lowest BCUT2D eigenvalue weighted by atomic mass is 9.75. The molecule has 1 N–H and O–H groups in total. The number of carbonyl (C=O) groups is 2. The Hall–Kier alpha value is -3.10. The molecule has 2 aromatic rings. The van der Waals surface area contributed by atoms with Crippen LogP contribution in [-0.4, -0.2) is 80.8 Å². The van der Waals surface area contributed by atoms with Crippen LogP contribution in [0.5, 0.6) is 11.5 Å². The third-order valence-corrected chi connectivity index (χ3v) is 7.30. The second kappa shape index (κ2) is 10.9. The first-order chi connectivity index (χ1) is 17.6. The largest absolute Gasteiger partial charge is 0.490 e. The smallest absolute Gasteiger partial charge is 0.254 e. The number of nitrogens with one attached hydrogen (secondary N) is 1. The molecule has 192 valence electrons. The third kappa shape index (κ3) is 4.67. The Labute approximate surface area is 212 Å². The molecule has 3 aliphatic heterocycles. The highest BCUT2D eigenvalue weighted by Gasteiger charge is 2.46. The summed E-state index contributed by atoms with van der Waals surface area (Å²) in [7, 11) is 0. The van der Waals surface area contributed by atoms with Crippen LogP contribution in [0.4, 0.5) is 0 Å². The van der Waals surface area contributed by atoms with Gasteiger partial charge in [0, 0.05) is 38.3 Å². The summed E-state index contributed by atoms with van der Waals surface area (Å²) >= 11 is 0. The fraction of sp³-hybridized carbons (Fsp3) is 0.500. The van der Waals surface area contributed by atoms with E-state index in [9.17, 15) is 9.59 Å². The monoisotopic (exact) mass is 493 g/mol. The molecule has 0 saturated carbocycles. The van der Waals surface area contributed by atoms with Gasteiger partial charge < -0.3 is 24.4 Å². The molecule has 3 aliphatic rings. The average molecular weight is 494 g/mol. The predicted octanol–water partition coefficient (Wildman–Crippen LogP) is 2.77. The Morgan fingerprint density at radius 2 is 1.75 bits per heavy atom. The summed E-state index contributed by atoms with van der Waals surface area (Å²) in [5, 5.41) is 3.18. The van der Waals surface area contributed by atoms with Crippen molar-refractivity contribution in [2.45, 2.75) is 32.2 Å². The van der Waals surface area contributed by atoms with Gasteiger partial charge in [-0.15, -0.1) is 0 Å². The van der Waals surface area contributed by atoms with Crippen molar-refractivity contribution >= 4 is 11.8 Å². The van der Waals surface area contributed by atoms with Crippen LogP contribution >= 0.6 is 0 Å². The normalized spacial score (nSPS) is 21.3. The zero-order chi connectivity index (χ0) is 25.1. The topological polar surface area (TPSA) is 80.3 Å². The number of rotatable bonds is 8. The van der Waals surface area contributed by atoms with Gasteiger partial charge in [0.1, 0.15) is 0 Å². The van der Waals surface area contributed by atoms with E-state index in [1.54, 1.807) is 0 Å². The summed E-state index contributed by atoms with van der Waals surface area (Å²) in [6, 6.07) is 11.1. The molecule has 0 unspecified atom stereocenters. The Balaban J connectivity index is 1.49. The van der Waals surface area contributed by atoms with Crippen LogP contribution in [0.2, 0.25) is 0 Å². The van der Waals surface area contributed by atoms with Crippen molar-refractivity contribution in [1.29, 1.82) is 0 Å². The number of fused-ring (bicyclic) bond motifs is 4. The molecule has 0 spiro atoms. The van der Waals surface area contributed by atoms with E-state index in [2.05, 4.69) is 10.2 Å². The highest BCUT2D eigenvalue weighted by Crippen LogP contribution is 2.48. The maximum absolute atomic E-state index is 13.8. The molecule has 0 aliphatic carbocycles. The highest BCUT2D eigenvalue weighted by atomic mass is 16.5. The van der Waals surface area contributed by atoms with E-state index in [0.29, 0.717) is 49.8 Å². The molecule has 2 amide bonds. The molecular formula is C28H35N3O5. The maximum atomic E-state index is 13.8. The van der Waals surface area contributed by atoms with E-state index in [4.69, 9.17) is 14.2 Å². The van der Waals surface area contributed by atoms with E-state index >= 15 is 0 Å². The summed E-state index contributed by atoms with van der Waals surface area (Å²) in [4.78, 5) is 31.5. The van der Waals surface area contributed by atoms with Crippen LogP contribution in [0.25, 0.3) is 0 Å². The van der Waals surface area contributed by atoms with Gasteiger partial charge in [0.2, 0.25) is 5.91 Å². The predicted molar refractivity (Wildman–Crippen MR) is 136 cm³/mol. The van der Waals surface area contributed by atoms with Gasteiger partial charge in [-0.05, 0) is 55.2 Å². The quantitative estimate of drug-likeness (QED) is 0.609. The van der Waals surface area contributed by atoms with Gasteiger partial charge in [-0.1, -0.05) is 18.2 Å². The van der Waals surface area contributed by atoms with Crippen LogP contribution < -0.4 is 14.8 Å². The van der Waals surface area contributed by atoms with Crippen molar-refractivity contribution in [3.8, 4) is 11.5 Å². The number of hydrogen-bond acceptors (Lipinski definition) is 6. The Morgan fingerprint density at radius 3 is 2.50 bits per heavy atom. The molecule has 2 atom stereocenters. The second-order valence-electron chi connectivity index (χ2n) is 9.37. The number of nitrogens with zero attached hydrogens (tertiary/aromatic N) is 2. The lowest BCUT2D eigenvalue weighted by molar-refractivity contribution is -0.124. The van der Waals surface area contributed by atoms with Crippen LogP contribution in [0, 0.1) is 0 Å². The SMILES string of the molecule is CCOc1cc2c(cc1OCC)[C@@H]1[C@@H](C(=O)NCCN3CCOCC3)c3ccccc3C(=O)N1CC2. The molecule has 2 aromatic carbocycles. The summed E-state index contributed by atoms with van der Waals surface area (Å²) in [5.74, 6) is 0.775. The van der Waals surface area contributed by atoms with Crippen molar-refractivity contribution in [1.82, 2.24) is 15.1 Å². The molecule has 5 rings (SSSR count). The second-order valence-corrected chi connectivity index (χ2v) is 9.37. The number of hydrogen-bond donors (Lipinski definition) is 1. The minimum atomic E-state index is -0.505. The van der Waals surface area contributed by atoms with E-state index in [1.807, 2.05) is 55.1 Å².